The van der Waals surface area contributed by atoms with Crippen LogP contribution in [0.4, 0.5) is 4.79 Å². The van der Waals surface area contributed by atoms with Crippen molar-refractivity contribution >= 4 is 29.4 Å². The summed E-state index contributed by atoms with van der Waals surface area (Å²) in [6.45, 7) is 4.22. The average molecular weight is 429 g/mol. The molecule has 4 amide bonds. The number of amides is 4. The van der Waals surface area contributed by atoms with Gasteiger partial charge in [0.05, 0.1) is 0 Å². The molecule has 158 valence electrons. The van der Waals surface area contributed by atoms with Gasteiger partial charge in [-0.05, 0) is 36.8 Å². The third-order valence-corrected chi connectivity index (χ3v) is 5.25. The van der Waals surface area contributed by atoms with Gasteiger partial charge in [0.15, 0.2) is 0 Å². The largest absolute Gasteiger partial charge is 0.338 e. The highest BCUT2D eigenvalue weighted by Crippen LogP contribution is 2.23. The molecule has 0 saturated carbocycles. The van der Waals surface area contributed by atoms with Crippen LogP contribution in [0.5, 0.6) is 0 Å². The highest BCUT2D eigenvalue weighted by atomic mass is 35.5. The second-order valence-corrected chi connectivity index (χ2v) is 7.43. The molecule has 1 atom stereocenters. The highest BCUT2D eigenvalue weighted by molar-refractivity contribution is 6.30. The van der Waals surface area contributed by atoms with Gasteiger partial charge in [0, 0.05) is 43.3 Å². The first-order chi connectivity index (χ1) is 14.5. The molecule has 30 heavy (non-hydrogen) atoms. The Morgan fingerprint density at radius 3 is 2.20 bits per heavy atom. The van der Waals surface area contributed by atoms with Gasteiger partial charge < -0.3 is 10.2 Å². The van der Waals surface area contributed by atoms with Crippen molar-refractivity contribution in [1.29, 1.82) is 0 Å². The zero-order valence-electron chi connectivity index (χ0n) is 16.8. The molecule has 7 nitrogen and oxygen atoms in total. The summed E-state index contributed by atoms with van der Waals surface area (Å²) in [7, 11) is 0. The van der Waals surface area contributed by atoms with Crippen molar-refractivity contribution in [2.75, 3.05) is 32.7 Å². The summed E-state index contributed by atoms with van der Waals surface area (Å²) in [5, 5.41) is 5.58. The molecule has 1 fully saturated rings. The molecule has 1 aliphatic heterocycles. The number of nitrogens with one attached hydrogen (secondary N) is 2. The molecule has 0 spiro atoms. The maximum atomic E-state index is 12.9. The quantitative estimate of drug-likeness (QED) is 0.767. The Bertz CT molecular complexity index is 881. The van der Waals surface area contributed by atoms with E-state index in [-0.39, 0.29) is 11.8 Å². The molecule has 1 heterocycles. The second kappa shape index (κ2) is 10.2. The number of carbonyl (C=O) groups is 3. The van der Waals surface area contributed by atoms with Gasteiger partial charge in [-0.1, -0.05) is 41.9 Å². The van der Waals surface area contributed by atoms with Gasteiger partial charge in [-0.2, -0.15) is 0 Å². The predicted octanol–water partition coefficient (Wildman–Crippen LogP) is 2.68. The summed E-state index contributed by atoms with van der Waals surface area (Å²) in [5.41, 5.74) is 1.39. The minimum atomic E-state index is -0.610. The average Bonchev–Trinajstić information content (AvgIpc) is 2.75. The standard InChI is InChI=1S/C22H25ClN4O3/c1-2-24-22(30)25-20(28)19(16-6-4-3-5-7-16)26-12-14-27(15-13-26)21(29)17-8-10-18(23)11-9-17/h3-11,19H,2,12-15H2,1H3,(H2,24,25,28,30). The van der Waals surface area contributed by atoms with Crippen LogP contribution in [-0.2, 0) is 4.79 Å². The van der Waals surface area contributed by atoms with Gasteiger partial charge in [0.2, 0.25) is 5.91 Å². The number of piperazine rings is 1. The summed E-state index contributed by atoms with van der Waals surface area (Å²) >= 11 is 5.90. The van der Waals surface area contributed by atoms with E-state index in [9.17, 15) is 14.4 Å². The molecule has 0 radical (unpaired) electrons. The first-order valence-corrected chi connectivity index (χ1v) is 10.3. The van der Waals surface area contributed by atoms with Crippen molar-refractivity contribution < 1.29 is 14.4 Å². The van der Waals surface area contributed by atoms with Crippen LogP contribution in [0.3, 0.4) is 0 Å². The van der Waals surface area contributed by atoms with Gasteiger partial charge in [-0.25, -0.2) is 4.79 Å². The van der Waals surface area contributed by atoms with Crippen molar-refractivity contribution in [3.63, 3.8) is 0 Å². The van der Waals surface area contributed by atoms with Crippen LogP contribution in [0.15, 0.2) is 54.6 Å². The number of nitrogens with zero attached hydrogens (tertiary/aromatic N) is 2. The number of carbonyl (C=O) groups excluding carboxylic acids is 3. The first kappa shape index (κ1) is 21.8. The summed E-state index contributed by atoms with van der Waals surface area (Å²) in [4.78, 5) is 41.3. The predicted molar refractivity (Wildman–Crippen MR) is 115 cm³/mol. The second-order valence-electron chi connectivity index (χ2n) is 7.00. The van der Waals surface area contributed by atoms with E-state index in [1.807, 2.05) is 35.2 Å². The molecule has 2 N–H and O–H groups in total. The number of urea groups is 1. The first-order valence-electron chi connectivity index (χ1n) is 9.92. The molecular formula is C22H25ClN4O3. The van der Waals surface area contributed by atoms with Gasteiger partial charge in [-0.15, -0.1) is 0 Å². The highest BCUT2D eigenvalue weighted by Gasteiger charge is 2.32. The lowest BCUT2D eigenvalue weighted by atomic mass is 10.0. The van der Waals surface area contributed by atoms with Crippen molar-refractivity contribution in [3.05, 3.63) is 70.7 Å². The van der Waals surface area contributed by atoms with Crippen LogP contribution in [-0.4, -0.2) is 60.4 Å². The Labute approximate surface area is 181 Å². The molecule has 2 aromatic rings. The molecule has 1 aliphatic rings. The molecular weight excluding hydrogens is 404 g/mol. The third-order valence-electron chi connectivity index (χ3n) is 5.00. The monoisotopic (exact) mass is 428 g/mol. The maximum absolute atomic E-state index is 12.9. The van der Waals surface area contributed by atoms with Gasteiger partial charge >= 0.3 is 6.03 Å². The fourth-order valence-corrected chi connectivity index (χ4v) is 3.63. The Morgan fingerprint density at radius 2 is 1.60 bits per heavy atom. The Balaban J connectivity index is 1.70. The van der Waals surface area contributed by atoms with E-state index >= 15 is 0 Å². The summed E-state index contributed by atoms with van der Waals surface area (Å²) in [6.07, 6.45) is 0. The number of halogens is 1. The molecule has 0 aromatic heterocycles. The van der Waals surface area contributed by atoms with Crippen molar-refractivity contribution in [3.8, 4) is 0 Å². The minimum Gasteiger partial charge on any atom is -0.338 e. The Hall–Kier alpha value is -2.90. The Morgan fingerprint density at radius 1 is 0.967 bits per heavy atom. The zero-order chi connectivity index (χ0) is 21.5. The van der Waals surface area contributed by atoms with Gasteiger partial charge in [-0.3, -0.25) is 19.8 Å². The minimum absolute atomic E-state index is 0.0608. The number of hydrogen-bond acceptors (Lipinski definition) is 4. The topological polar surface area (TPSA) is 81.8 Å². The van der Waals surface area contributed by atoms with Crippen LogP contribution in [0.2, 0.25) is 5.02 Å². The maximum Gasteiger partial charge on any atom is 0.321 e. The van der Waals surface area contributed by atoms with Gasteiger partial charge in [0.1, 0.15) is 6.04 Å². The lowest BCUT2D eigenvalue weighted by Gasteiger charge is -2.38. The summed E-state index contributed by atoms with van der Waals surface area (Å²) < 4.78 is 0. The van der Waals surface area contributed by atoms with Crippen molar-refractivity contribution in [2.45, 2.75) is 13.0 Å². The van der Waals surface area contributed by atoms with E-state index in [1.54, 1.807) is 36.1 Å². The van der Waals surface area contributed by atoms with Crippen LogP contribution >= 0.6 is 11.6 Å². The van der Waals surface area contributed by atoms with Crippen molar-refractivity contribution in [2.24, 2.45) is 0 Å². The fraction of sp³-hybridized carbons (Fsp3) is 0.318. The molecule has 1 unspecified atom stereocenters. The molecule has 3 rings (SSSR count). The van der Waals surface area contributed by atoms with Crippen LogP contribution in [0.1, 0.15) is 28.9 Å². The molecule has 0 bridgehead atoms. The van der Waals surface area contributed by atoms with Crippen LogP contribution in [0, 0.1) is 0 Å². The van der Waals surface area contributed by atoms with E-state index in [0.717, 1.165) is 5.56 Å². The molecule has 1 saturated heterocycles. The summed E-state index contributed by atoms with van der Waals surface area (Å²) in [6, 6.07) is 15.0. The SMILES string of the molecule is CCNC(=O)NC(=O)C(c1ccccc1)N1CCN(C(=O)c2ccc(Cl)cc2)CC1. The normalized spacial score (nSPS) is 15.3. The van der Waals surface area contributed by atoms with E-state index < -0.39 is 12.1 Å². The van der Waals surface area contributed by atoms with E-state index in [2.05, 4.69) is 10.6 Å². The number of rotatable bonds is 5. The lowest BCUT2D eigenvalue weighted by molar-refractivity contribution is -0.126. The molecule has 0 aliphatic carbocycles. The third kappa shape index (κ3) is 5.37. The zero-order valence-corrected chi connectivity index (χ0v) is 17.6. The number of imide groups is 1. The number of benzene rings is 2. The van der Waals surface area contributed by atoms with Gasteiger partial charge in [0.25, 0.3) is 5.91 Å². The van der Waals surface area contributed by atoms with Crippen LogP contribution in [0.25, 0.3) is 0 Å². The van der Waals surface area contributed by atoms with E-state index in [4.69, 9.17) is 11.6 Å². The van der Waals surface area contributed by atoms with E-state index in [0.29, 0.717) is 43.3 Å². The van der Waals surface area contributed by atoms with E-state index in [1.165, 1.54) is 0 Å². The fourth-order valence-electron chi connectivity index (χ4n) is 3.51. The molecule has 8 heteroatoms. The Kier molecular flexibility index (Phi) is 7.43. The number of hydrogen-bond donors (Lipinski definition) is 2. The van der Waals surface area contributed by atoms with Crippen LogP contribution < -0.4 is 10.6 Å². The molecule has 2 aromatic carbocycles. The van der Waals surface area contributed by atoms with Crippen molar-refractivity contribution in [1.82, 2.24) is 20.4 Å². The smallest absolute Gasteiger partial charge is 0.321 e. The summed E-state index contributed by atoms with van der Waals surface area (Å²) in [5.74, 6) is -0.445. The lowest BCUT2D eigenvalue weighted by Crippen LogP contribution is -2.53.